The SMILES string of the molecule is CCCCCCC(NC(C)=O)C(C)=O. The van der Waals surface area contributed by atoms with Crippen LogP contribution in [0.3, 0.4) is 0 Å². The smallest absolute Gasteiger partial charge is 0.217 e. The van der Waals surface area contributed by atoms with Crippen LogP contribution in [0.4, 0.5) is 0 Å². The van der Waals surface area contributed by atoms with Crippen LogP contribution in [-0.4, -0.2) is 17.7 Å². The maximum atomic E-state index is 11.1. The molecule has 0 aromatic heterocycles. The maximum absolute atomic E-state index is 11.1. The number of unbranched alkanes of at least 4 members (excludes halogenated alkanes) is 3. The van der Waals surface area contributed by atoms with Gasteiger partial charge in [0.05, 0.1) is 6.04 Å². The Hall–Kier alpha value is -0.860. The van der Waals surface area contributed by atoms with Crippen molar-refractivity contribution in [1.29, 1.82) is 0 Å². The number of hydrogen-bond acceptors (Lipinski definition) is 2. The highest BCUT2D eigenvalue weighted by Gasteiger charge is 2.13. The molecule has 14 heavy (non-hydrogen) atoms. The lowest BCUT2D eigenvalue weighted by atomic mass is 10.0. The number of ketones is 1. The van der Waals surface area contributed by atoms with Gasteiger partial charge >= 0.3 is 0 Å². The second kappa shape index (κ2) is 7.54. The summed E-state index contributed by atoms with van der Waals surface area (Å²) < 4.78 is 0. The van der Waals surface area contributed by atoms with E-state index in [-0.39, 0.29) is 17.7 Å². The van der Waals surface area contributed by atoms with Gasteiger partial charge in [-0.05, 0) is 13.3 Å². The van der Waals surface area contributed by atoms with E-state index in [4.69, 9.17) is 0 Å². The summed E-state index contributed by atoms with van der Waals surface area (Å²) in [6, 6.07) is -0.274. The molecule has 0 saturated carbocycles. The first-order valence-corrected chi connectivity index (χ1v) is 5.35. The molecule has 1 unspecified atom stereocenters. The summed E-state index contributed by atoms with van der Waals surface area (Å²) in [6.45, 7) is 5.12. The van der Waals surface area contributed by atoms with Crippen LogP contribution in [0, 0.1) is 0 Å². The molecule has 1 atom stereocenters. The summed E-state index contributed by atoms with van der Waals surface area (Å²) in [6.07, 6.45) is 5.31. The molecule has 0 aliphatic heterocycles. The summed E-state index contributed by atoms with van der Waals surface area (Å²) in [4.78, 5) is 21.9. The second-order valence-electron chi connectivity index (χ2n) is 3.71. The molecule has 0 saturated heterocycles. The van der Waals surface area contributed by atoms with Crippen molar-refractivity contribution in [3.8, 4) is 0 Å². The Morgan fingerprint density at radius 2 is 1.79 bits per heavy atom. The molecule has 1 amide bonds. The van der Waals surface area contributed by atoms with Crippen molar-refractivity contribution in [3.63, 3.8) is 0 Å². The summed E-state index contributed by atoms with van der Waals surface area (Å²) in [5.41, 5.74) is 0. The number of Topliss-reactive ketones (excluding diaryl/α,β-unsaturated/α-hetero) is 1. The van der Waals surface area contributed by atoms with Gasteiger partial charge in [-0.1, -0.05) is 32.6 Å². The predicted octanol–water partition coefficient (Wildman–Crippen LogP) is 2.05. The van der Waals surface area contributed by atoms with Crippen molar-refractivity contribution in [2.45, 2.75) is 58.9 Å². The predicted molar refractivity (Wildman–Crippen MR) is 57.0 cm³/mol. The minimum atomic E-state index is -0.274. The molecule has 0 aliphatic rings. The van der Waals surface area contributed by atoms with Gasteiger partial charge in [0, 0.05) is 6.92 Å². The highest BCUT2D eigenvalue weighted by molar-refractivity contribution is 5.86. The van der Waals surface area contributed by atoms with E-state index in [1.165, 1.54) is 26.7 Å². The zero-order valence-electron chi connectivity index (χ0n) is 9.43. The monoisotopic (exact) mass is 199 g/mol. The molecule has 0 aliphatic carbocycles. The van der Waals surface area contributed by atoms with E-state index in [1.807, 2.05) is 0 Å². The standard InChI is InChI=1S/C11H21NO2/c1-4-5-6-7-8-11(9(2)13)12-10(3)14/h11H,4-8H2,1-3H3,(H,12,14). The normalized spacial score (nSPS) is 12.2. The molecule has 0 radical (unpaired) electrons. The Morgan fingerprint density at radius 3 is 2.21 bits per heavy atom. The molecule has 0 aromatic rings. The highest BCUT2D eigenvalue weighted by Crippen LogP contribution is 2.06. The molecule has 0 aromatic carbocycles. The van der Waals surface area contributed by atoms with Crippen LogP contribution in [-0.2, 0) is 9.59 Å². The van der Waals surface area contributed by atoms with E-state index >= 15 is 0 Å². The van der Waals surface area contributed by atoms with Crippen molar-refractivity contribution >= 4 is 11.7 Å². The zero-order valence-corrected chi connectivity index (χ0v) is 9.43. The average Bonchev–Trinajstić information content (AvgIpc) is 2.09. The van der Waals surface area contributed by atoms with Gasteiger partial charge in [0.1, 0.15) is 0 Å². The number of amides is 1. The molecule has 1 N–H and O–H groups in total. The molecule has 3 heteroatoms. The first-order valence-electron chi connectivity index (χ1n) is 5.35. The minimum absolute atomic E-state index is 0.0525. The molecular formula is C11H21NO2. The van der Waals surface area contributed by atoms with Crippen LogP contribution in [0.2, 0.25) is 0 Å². The third-order valence-corrected chi connectivity index (χ3v) is 2.21. The van der Waals surface area contributed by atoms with Crippen molar-refractivity contribution in [1.82, 2.24) is 5.32 Å². The van der Waals surface area contributed by atoms with Crippen LogP contribution in [0.5, 0.6) is 0 Å². The van der Waals surface area contributed by atoms with Crippen molar-refractivity contribution < 1.29 is 9.59 Å². The molecule has 0 heterocycles. The van der Waals surface area contributed by atoms with Gasteiger partial charge in [-0.25, -0.2) is 0 Å². The second-order valence-corrected chi connectivity index (χ2v) is 3.71. The Balaban J connectivity index is 3.74. The molecule has 0 fully saturated rings. The van der Waals surface area contributed by atoms with E-state index in [0.29, 0.717) is 0 Å². The lowest BCUT2D eigenvalue weighted by Crippen LogP contribution is -2.38. The summed E-state index contributed by atoms with van der Waals surface area (Å²) in [7, 11) is 0. The summed E-state index contributed by atoms with van der Waals surface area (Å²) in [5, 5.41) is 2.67. The maximum Gasteiger partial charge on any atom is 0.217 e. The Kier molecular flexibility index (Phi) is 7.07. The molecule has 3 nitrogen and oxygen atoms in total. The van der Waals surface area contributed by atoms with Crippen molar-refractivity contribution in [2.75, 3.05) is 0 Å². The third kappa shape index (κ3) is 6.63. The topological polar surface area (TPSA) is 46.2 Å². The van der Waals surface area contributed by atoms with Crippen molar-refractivity contribution in [2.24, 2.45) is 0 Å². The van der Waals surface area contributed by atoms with Gasteiger partial charge < -0.3 is 5.32 Å². The molecule has 0 spiro atoms. The first kappa shape index (κ1) is 13.1. The Labute approximate surface area is 86.3 Å². The van der Waals surface area contributed by atoms with Crippen LogP contribution >= 0.6 is 0 Å². The first-order chi connectivity index (χ1) is 6.57. The van der Waals surface area contributed by atoms with E-state index in [1.54, 1.807) is 0 Å². The quantitative estimate of drug-likeness (QED) is 0.638. The lowest BCUT2D eigenvalue weighted by molar-refractivity contribution is -0.125. The average molecular weight is 199 g/mol. The van der Waals surface area contributed by atoms with Crippen LogP contribution in [0.25, 0.3) is 0 Å². The van der Waals surface area contributed by atoms with Gasteiger partial charge in [-0.15, -0.1) is 0 Å². The number of hydrogen-bond donors (Lipinski definition) is 1. The van der Waals surface area contributed by atoms with E-state index < -0.39 is 0 Å². The van der Waals surface area contributed by atoms with Crippen LogP contribution in [0.15, 0.2) is 0 Å². The van der Waals surface area contributed by atoms with Gasteiger partial charge in [0.15, 0.2) is 5.78 Å². The summed E-state index contributed by atoms with van der Waals surface area (Å²) in [5.74, 6) is -0.0719. The number of carbonyl (C=O) groups excluding carboxylic acids is 2. The van der Waals surface area contributed by atoms with Gasteiger partial charge in [-0.3, -0.25) is 9.59 Å². The molecule has 0 rings (SSSR count). The largest absolute Gasteiger partial charge is 0.347 e. The van der Waals surface area contributed by atoms with Crippen molar-refractivity contribution in [3.05, 3.63) is 0 Å². The lowest BCUT2D eigenvalue weighted by Gasteiger charge is -2.14. The minimum Gasteiger partial charge on any atom is -0.347 e. The van der Waals surface area contributed by atoms with E-state index in [2.05, 4.69) is 12.2 Å². The number of rotatable bonds is 7. The fraction of sp³-hybridized carbons (Fsp3) is 0.818. The number of nitrogens with one attached hydrogen (secondary N) is 1. The fourth-order valence-corrected chi connectivity index (χ4v) is 1.40. The third-order valence-electron chi connectivity index (χ3n) is 2.21. The highest BCUT2D eigenvalue weighted by atomic mass is 16.2. The summed E-state index contributed by atoms with van der Waals surface area (Å²) >= 11 is 0. The van der Waals surface area contributed by atoms with E-state index in [0.717, 1.165) is 19.3 Å². The zero-order chi connectivity index (χ0) is 11.0. The van der Waals surface area contributed by atoms with Gasteiger partial charge in [0.25, 0.3) is 0 Å². The Bertz CT molecular complexity index is 190. The Morgan fingerprint density at radius 1 is 1.14 bits per heavy atom. The molecule has 82 valence electrons. The fourth-order valence-electron chi connectivity index (χ4n) is 1.40. The van der Waals surface area contributed by atoms with Gasteiger partial charge in [-0.2, -0.15) is 0 Å². The van der Waals surface area contributed by atoms with E-state index in [9.17, 15) is 9.59 Å². The number of carbonyl (C=O) groups is 2. The van der Waals surface area contributed by atoms with Gasteiger partial charge in [0.2, 0.25) is 5.91 Å². The van der Waals surface area contributed by atoms with Crippen LogP contribution in [0.1, 0.15) is 52.9 Å². The van der Waals surface area contributed by atoms with Crippen LogP contribution < -0.4 is 5.32 Å². The molecular weight excluding hydrogens is 178 g/mol. The molecule has 0 bridgehead atoms.